The minimum Gasteiger partial charge on any atom is -0.453 e. The molecule has 1 amide bonds. The number of rotatable bonds is 4. The molecule has 7 heteroatoms. The Morgan fingerprint density at radius 2 is 1.96 bits per heavy atom. The van der Waals surface area contributed by atoms with Crippen LogP contribution in [0.4, 0.5) is 11.4 Å². The fourth-order valence-corrected chi connectivity index (χ4v) is 2.34. The second-order valence-electron chi connectivity index (χ2n) is 5.14. The van der Waals surface area contributed by atoms with Crippen LogP contribution < -0.4 is 10.3 Å². The van der Waals surface area contributed by atoms with Gasteiger partial charge in [0.15, 0.2) is 6.73 Å². The summed E-state index contributed by atoms with van der Waals surface area (Å²) in [5.41, 5.74) is 2.47. The maximum atomic E-state index is 12.1. The third kappa shape index (κ3) is 3.97. The van der Waals surface area contributed by atoms with Crippen LogP contribution in [0, 0.1) is 0 Å². The molecule has 0 unspecified atom stereocenters. The minimum atomic E-state index is -0.0886. The fourth-order valence-electron chi connectivity index (χ4n) is 2.21. The van der Waals surface area contributed by atoms with Crippen LogP contribution in [0.5, 0.6) is 0 Å². The van der Waals surface area contributed by atoms with Gasteiger partial charge in [0.25, 0.3) is 0 Å². The molecule has 0 atom stereocenters. The van der Waals surface area contributed by atoms with Gasteiger partial charge in [-0.3, -0.25) is 4.79 Å². The number of nitrogens with zero attached hydrogens (tertiary/aromatic N) is 2. The lowest BCUT2D eigenvalue weighted by atomic mass is 10.1. The SMILES string of the molecule is COC1=NN(c2ccc(NC(=O)Cc3ccc(Cl)cc3)cc2)CO1. The number of ether oxygens (including phenoxy) is 2. The van der Waals surface area contributed by atoms with Crippen molar-refractivity contribution in [3.05, 3.63) is 59.1 Å². The first-order valence-corrected chi connectivity index (χ1v) is 7.69. The zero-order chi connectivity index (χ0) is 16.9. The predicted octanol–water partition coefficient (Wildman–Crippen LogP) is 3.23. The van der Waals surface area contributed by atoms with Gasteiger partial charge < -0.3 is 14.8 Å². The molecule has 0 spiro atoms. The second-order valence-corrected chi connectivity index (χ2v) is 5.58. The topological polar surface area (TPSA) is 63.2 Å². The Kier molecular flexibility index (Phi) is 4.86. The molecule has 1 heterocycles. The molecule has 2 aromatic carbocycles. The molecule has 0 aliphatic carbocycles. The number of hydrogen-bond donors (Lipinski definition) is 1. The van der Waals surface area contributed by atoms with Gasteiger partial charge in [0.05, 0.1) is 19.2 Å². The van der Waals surface area contributed by atoms with Crippen LogP contribution >= 0.6 is 11.6 Å². The molecule has 6 nitrogen and oxygen atoms in total. The van der Waals surface area contributed by atoms with E-state index in [1.54, 1.807) is 17.1 Å². The summed E-state index contributed by atoms with van der Waals surface area (Å²) in [5.74, 6) is -0.0886. The van der Waals surface area contributed by atoms with Gasteiger partial charge in [0.2, 0.25) is 5.91 Å². The Bertz CT molecular complexity index is 745. The lowest BCUT2D eigenvalue weighted by Gasteiger charge is -2.12. The molecular weight excluding hydrogens is 330 g/mol. The van der Waals surface area contributed by atoms with E-state index in [2.05, 4.69) is 10.4 Å². The number of methoxy groups -OCH3 is 1. The molecule has 1 aliphatic rings. The summed E-state index contributed by atoms with van der Waals surface area (Å²) in [7, 11) is 1.50. The summed E-state index contributed by atoms with van der Waals surface area (Å²) in [5, 5.41) is 9.32. The van der Waals surface area contributed by atoms with Crippen LogP contribution in [0.25, 0.3) is 0 Å². The molecular formula is C17H16ClN3O3. The molecule has 24 heavy (non-hydrogen) atoms. The zero-order valence-corrected chi connectivity index (χ0v) is 13.8. The molecule has 0 saturated heterocycles. The number of hydrazone groups is 1. The molecule has 2 aromatic rings. The van der Waals surface area contributed by atoms with Crippen molar-refractivity contribution in [1.29, 1.82) is 0 Å². The van der Waals surface area contributed by atoms with Crippen LogP contribution in [-0.4, -0.2) is 25.8 Å². The van der Waals surface area contributed by atoms with Gasteiger partial charge >= 0.3 is 6.08 Å². The van der Waals surface area contributed by atoms with Crippen molar-refractivity contribution in [3.8, 4) is 0 Å². The molecule has 1 aliphatic heterocycles. The molecule has 124 valence electrons. The van der Waals surface area contributed by atoms with Crippen molar-refractivity contribution in [3.63, 3.8) is 0 Å². The van der Waals surface area contributed by atoms with E-state index in [1.165, 1.54) is 7.11 Å². The Morgan fingerprint density at radius 1 is 1.25 bits per heavy atom. The van der Waals surface area contributed by atoms with Crippen LogP contribution in [0.3, 0.4) is 0 Å². The number of amides is 1. The van der Waals surface area contributed by atoms with Gasteiger partial charge in [-0.05, 0) is 42.0 Å². The Morgan fingerprint density at radius 3 is 2.58 bits per heavy atom. The monoisotopic (exact) mass is 345 g/mol. The summed E-state index contributed by atoms with van der Waals surface area (Å²) in [6.45, 7) is 0.297. The minimum absolute atomic E-state index is 0.0886. The quantitative estimate of drug-likeness (QED) is 0.924. The number of nitrogens with one attached hydrogen (secondary N) is 1. The lowest BCUT2D eigenvalue weighted by molar-refractivity contribution is -0.115. The van der Waals surface area contributed by atoms with Gasteiger partial charge in [0.1, 0.15) is 0 Å². The Labute approximate surface area is 144 Å². The van der Waals surface area contributed by atoms with Crippen molar-refractivity contribution in [2.75, 3.05) is 24.2 Å². The molecule has 0 fully saturated rings. The largest absolute Gasteiger partial charge is 0.453 e. The van der Waals surface area contributed by atoms with E-state index in [1.807, 2.05) is 36.4 Å². The molecule has 0 saturated carbocycles. The Balaban J connectivity index is 1.59. The molecule has 0 bridgehead atoms. The highest BCUT2D eigenvalue weighted by Crippen LogP contribution is 2.21. The summed E-state index contributed by atoms with van der Waals surface area (Å²) >= 11 is 5.83. The summed E-state index contributed by atoms with van der Waals surface area (Å²) < 4.78 is 10.1. The molecule has 3 rings (SSSR count). The zero-order valence-electron chi connectivity index (χ0n) is 13.0. The number of benzene rings is 2. The van der Waals surface area contributed by atoms with E-state index in [9.17, 15) is 4.79 Å². The van der Waals surface area contributed by atoms with E-state index in [4.69, 9.17) is 21.1 Å². The van der Waals surface area contributed by atoms with Gasteiger partial charge in [-0.15, -0.1) is 0 Å². The summed E-state index contributed by atoms with van der Waals surface area (Å²) in [4.78, 5) is 12.1. The summed E-state index contributed by atoms with van der Waals surface area (Å²) in [6.07, 6.45) is 0.524. The van der Waals surface area contributed by atoms with E-state index in [0.717, 1.165) is 11.3 Å². The van der Waals surface area contributed by atoms with Crippen LogP contribution in [0.2, 0.25) is 5.02 Å². The normalized spacial score (nSPS) is 13.2. The van der Waals surface area contributed by atoms with E-state index < -0.39 is 0 Å². The number of carbonyl (C=O) groups excluding carboxylic acids is 1. The first-order valence-electron chi connectivity index (χ1n) is 7.31. The number of hydrogen-bond acceptors (Lipinski definition) is 5. The highest BCUT2D eigenvalue weighted by molar-refractivity contribution is 6.30. The first kappa shape index (κ1) is 16.1. The average molecular weight is 346 g/mol. The Hall–Kier alpha value is -2.73. The molecule has 0 aromatic heterocycles. The third-order valence-corrected chi connectivity index (χ3v) is 3.67. The lowest BCUT2D eigenvalue weighted by Crippen LogP contribution is -2.15. The standard InChI is InChI=1S/C17H16ClN3O3/c1-23-17-20-21(11-24-17)15-8-6-14(7-9-15)19-16(22)10-12-2-4-13(18)5-3-12/h2-9H,10-11H2,1H3,(H,19,22). The van der Waals surface area contributed by atoms with E-state index in [0.29, 0.717) is 23.9 Å². The van der Waals surface area contributed by atoms with Crippen LogP contribution in [-0.2, 0) is 20.7 Å². The van der Waals surface area contributed by atoms with E-state index >= 15 is 0 Å². The van der Waals surface area contributed by atoms with Crippen molar-refractivity contribution < 1.29 is 14.3 Å². The molecule has 1 N–H and O–H groups in total. The number of halogens is 1. The van der Waals surface area contributed by atoms with Gasteiger partial charge in [-0.1, -0.05) is 28.8 Å². The van der Waals surface area contributed by atoms with Crippen molar-refractivity contribution in [2.45, 2.75) is 6.42 Å². The maximum Gasteiger partial charge on any atom is 0.407 e. The van der Waals surface area contributed by atoms with Crippen molar-refractivity contribution in [1.82, 2.24) is 0 Å². The smallest absolute Gasteiger partial charge is 0.407 e. The maximum absolute atomic E-state index is 12.1. The predicted molar refractivity (Wildman–Crippen MR) is 93.1 cm³/mol. The van der Waals surface area contributed by atoms with Crippen LogP contribution in [0.1, 0.15) is 5.56 Å². The van der Waals surface area contributed by atoms with Gasteiger partial charge in [0, 0.05) is 10.7 Å². The highest BCUT2D eigenvalue weighted by atomic mass is 35.5. The van der Waals surface area contributed by atoms with Crippen molar-refractivity contribution >= 4 is 35.0 Å². The van der Waals surface area contributed by atoms with Gasteiger partial charge in [-0.25, -0.2) is 5.01 Å². The molecule has 0 radical (unpaired) electrons. The highest BCUT2D eigenvalue weighted by Gasteiger charge is 2.17. The van der Waals surface area contributed by atoms with Crippen LogP contribution in [0.15, 0.2) is 53.6 Å². The van der Waals surface area contributed by atoms with Crippen molar-refractivity contribution in [2.24, 2.45) is 5.10 Å². The summed E-state index contributed by atoms with van der Waals surface area (Å²) in [6, 6.07) is 14.5. The average Bonchev–Trinajstić information content (AvgIpc) is 3.07. The second kappa shape index (κ2) is 7.23. The fraction of sp³-hybridized carbons (Fsp3) is 0.176. The van der Waals surface area contributed by atoms with E-state index in [-0.39, 0.29) is 12.0 Å². The number of carbonyl (C=O) groups is 1. The third-order valence-electron chi connectivity index (χ3n) is 3.41. The first-order chi connectivity index (χ1) is 11.6. The van der Waals surface area contributed by atoms with Gasteiger partial charge in [-0.2, -0.15) is 0 Å². The number of anilines is 2.